The molecule has 6 heteroatoms. The molecule has 18 heavy (non-hydrogen) atoms. The number of carbonyl (C=O) groups is 1. The van der Waals surface area contributed by atoms with E-state index in [1.807, 2.05) is 6.92 Å². The summed E-state index contributed by atoms with van der Waals surface area (Å²) in [7, 11) is 0. The van der Waals surface area contributed by atoms with E-state index in [-0.39, 0.29) is 18.1 Å². The summed E-state index contributed by atoms with van der Waals surface area (Å²) in [5, 5.41) is 3.76. The van der Waals surface area contributed by atoms with Gasteiger partial charge in [-0.15, -0.1) is 0 Å². The molecule has 1 aromatic carbocycles. The van der Waals surface area contributed by atoms with Gasteiger partial charge in [0.25, 0.3) is 0 Å². The molecule has 2 unspecified atom stereocenters. The van der Waals surface area contributed by atoms with E-state index in [0.717, 1.165) is 6.42 Å². The molecule has 1 heterocycles. The molecule has 0 radical (unpaired) electrons. The van der Waals surface area contributed by atoms with Gasteiger partial charge < -0.3 is 16.0 Å². The Kier molecular flexibility index (Phi) is 4.00. The van der Waals surface area contributed by atoms with Gasteiger partial charge in [-0.25, -0.2) is 4.79 Å². The van der Waals surface area contributed by atoms with Crippen LogP contribution >= 0.6 is 23.2 Å². The number of hydrogen-bond donors (Lipinski definition) is 2. The minimum Gasteiger partial charge on any atom is -0.326 e. The molecule has 1 aromatic rings. The lowest BCUT2D eigenvalue weighted by Crippen LogP contribution is -2.42. The van der Waals surface area contributed by atoms with Gasteiger partial charge in [0.05, 0.1) is 0 Å². The van der Waals surface area contributed by atoms with E-state index in [1.54, 1.807) is 23.1 Å². The lowest BCUT2D eigenvalue weighted by atomic mass is 10.2. The maximum atomic E-state index is 12.1. The van der Waals surface area contributed by atoms with E-state index in [2.05, 4.69) is 5.32 Å². The number of carbonyl (C=O) groups excluding carboxylic acids is 1. The second kappa shape index (κ2) is 5.34. The molecule has 1 aliphatic rings. The molecule has 1 saturated heterocycles. The van der Waals surface area contributed by atoms with Crippen molar-refractivity contribution in [1.29, 1.82) is 0 Å². The number of hydrogen-bond acceptors (Lipinski definition) is 2. The number of benzene rings is 1. The van der Waals surface area contributed by atoms with Crippen LogP contribution in [-0.4, -0.2) is 29.6 Å². The standard InChI is InChI=1S/C12H15Cl2N3O/c1-7-11(15)2-3-17(7)12(18)16-10-5-8(13)4-9(14)6-10/h4-7,11H,2-3,15H2,1H3,(H,16,18). The van der Waals surface area contributed by atoms with E-state index in [0.29, 0.717) is 22.3 Å². The maximum Gasteiger partial charge on any atom is 0.322 e. The molecule has 0 aromatic heterocycles. The van der Waals surface area contributed by atoms with Gasteiger partial charge in [0, 0.05) is 34.4 Å². The average molecular weight is 288 g/mol. The highest BCUT2D eigenvalue weighted by Gasteiger charge is 2.31. The number of amides is 2. The number of rotatable bonds is 1. The summed E-state index contributed by atoms with van der Waals surface area (Å²) in [5.41, 5.74) is 6.47. The van der Waals surface area contributed by atoms with E-state index in [1.165, 1.54) is 0 Å². The van der Waals surface area contributed by atoms with Gasteiger partial charge in [-0.2, -0.15) is 0 Å². The fraction of sp³-hybridized carbons (Fsp3) is 0.417. The third-order valence-corrected chi connectivity index (χ3v) is 3.63. The van der Waals surface area contributed by atoms with Crippen molar-refractivity contribution in [1.82, 2.24) is 4.90 Å². The SMILES string of the molecule is CC1C(N)CCN1C(=O)Nc1cc(Cl)cc(Cl)c1. The molecule has 3 N–H and O–H groups in total. The summed E-state index contributed by atoms with van der Waals surface area (Å²) in [4.78, 5) is 13.8. The van der Waals surface area contributed by atoms with Gasteiger partial charge in [-0.3, -0.25) is 0 Å². The number of nitrogens with zero attached hydrogens (tertiary/aromatic N) is 1. The van der Waals surface area contributed by atoms with Crippen LogP contribution in [0.3, 0.4) is 0 Å². The van der Waals surface area contributed by atoms with E-state index in [9.17, 15) is 4.79 Å². The molecule has 1 fully saturated rings. The highest BCUT2D eigenvalue weighted by molar-refractivity contribution is 6.35. The second-order valence-electron chi connectivity index (χ2n) is 4.47. The number of urea groups is 1. The summed E-state index contributed by atoms with van der Waals surface area (Å²) in [6, 6.07) is 4.85. The van der Waals surface area contributed by atoms with Crippen LogP contribution in [0.1, 0.15) is 13.3 Å². The maximum absolute atomic E-state index is 12.1. The third kappa shape index (κ3) is 2.88. The molecule has 2 amide bonds. The normalized spacial score (nSPS) is 23.2. The summed E-state index contributed by atoms with van der Waals surface area (Å²) in [6.07, 6.45) is 0.824. The quantitative estimate of drug-likeness (QED) is 0.834. The van der Waals surface area contributed by atoms with Crippen LogP contribution in [0.15, 0.2) is 18.2 Å². The zero-order valence-electron chi connectivity index (χ0n) is 9.99. The van der Waals surface area contributed by atoms with Crippen molar-refractivity contribution in [3.63, 3.8) is 0 Å². The van der Waals surface area contributed by atoms with Crippen LogP contribution in [0.25, 0.3) is 0 Å². The molecular formula is C12H15Cl2N3O. The lowest BCUT2D eigenvalue weighted by Gasteiger charge is -2.23. The molecule has 4 nitrogen and oxygen atoms in total. The van der Waals surface area contributed by atoms with Crippen LogP contribution < -0.4 is 11.1 Å². The van der Waals surface area contributed by atoms with Gasteiger partial charge in [0.15, 0.2) is 0 Å². The van der Waals surface area contributed by atoms with Crippen LogP contribution in [-0.2, 0) is 0 Å². The summed E-state index contributed by atoms with van der Waals surface area (Å²) in [6.45, 7) is 2.62. The van der Waals surface area contributed by atoms with E-state index in [4.69, 9.17) is 28.9 Å². The minimum absolute atomic E-state index is 0.0405. The van der Waals surface area contributed by atoms with Crippen LogP contribution in [0.2, 0.25) is 10.0 Å². The molecule has 2 atom stereocenters. The number of anilines is 1. The summed E-state index contributed by atoms with van der Waals surface area (Å²) < 4.78 is 0. The largest absolute Gasteiger partial charge is 0.326 e. The molecule has 0 bridgehead atoms. The van der Waals surface area contributed by atoms with Gasteiger partial charge >= 0.3 is 6.03 Å². The van der Waals surface area contributed by atoms with Crippen molar-refractivity contribution in [2.24, 2.45) is 5.73 Å². The van der Waals surface area contributed by atoms with E-state index >= 15 is 0 Å². The van der Waals surface area contributed by atoms with Crippen molar-refractivity contribution in [2.45, 2.75) is 25.4 Å². The van der Waals surface area contributed by atoms with Crippen molar-refractivity contribution in [3.05, 3.63) is 28.2 Å². The highest BCUT2D eigenvalue weighted by Crippen LogP contribution is 2.24. The fourth-order valence-electron chi connectivity index (χ4n) is 2.07. The number of likely N-dealkylation sites (tertiary alicyclic amines) is 1. The first-order chi connectivity index (χ1) is 8.47. The lowest BCUT2D eigenvalue weighted by molar-refractivity contribution is 0.208. The van der Waals surface area contributed by atoms with Crippen LogP contribution in [0.4, 0.5) is 10.5 Å². The Morgan fingerprint density at radius 3 is 2.50 bits per heavy atom. The van der Waals surface area contributed by atoms with Gasteiger partial charge in [-0.1, -0.05) is 23.2 Å². The highest BCUT2D eigenvalue weighted by atomic mass is 35.5. The zero-order chi connectivity index (χ0) is 13.3. The molecule has 0 spiro atoms. The Hall–Kier alpha value is -0.970. The average Bonchev–Trinajstić information content (AvgIpc) is 2.58. The predicted octanol–water partition coefficient (Wildman–Crippen LogP) is 2.95. The Morgan fingerprint density at radius 2 is 2.00 bits per heavy atom. The third-order valence-electron chi connectivity index (χ3n) is 3.19. The topological polar surface area (TPSA) is 58.4 Å². The van der Waals surface area contributed by atoms with E-state index < -0.39 is 0 Å². The molecule has 2 rings (SSSR count). The molecular weight excluding hydrogens is 273 g/mol. The summed E-state index contributed by atoms with van der Waals surface area (Å²) >= 11 is 11.8. The monoisotopic (exact) mass is 287 g/mol. The van der Waals surface area contributed by atoms with Crippen LogP contribution in [0.5, 0.6) is 0 Å². The van der Waals surface area contributed by atoms with Gasteiger partial charge in [0.2, 0.25) is 0 Å². The predicted molar refractivity (Wildman–Crippen MR) is 74.2 cm³/mol. The minimum atomic E-state index is -0.172. The molecule has 0 saturated carbocycles. The van der Waals surface area contributed by atoms with Crippen molar-refractivity contribution < 1.29 is 4.79 Å². The molecule has 98 valence electrons. The van der Waals surface area contributed by atoms with Crippen molar-refractivity contribution >= 4 is 34.9 Å². The first-order valence-corrected chi connectivity index (χ1v) is 6.52. The first-order valence-electron chi connectivity index (χ1n) is 5.76. The molecule has 1 aliphatic heterocycles. The summed E-state index contributed by atoms with van der Waals surface area (Å²) in [5.74, 6) is 0. The Morgan fingerprint density at radius 1 is 1.39 bits per heavy atom. The zero-order valence-corrected chi connectivity index (χ0v) is 11.5. The number of halogens is 2. The van der Waals surface area contributed by atoms with Crippen molar-refractivity contribution in [3.8, 4) is 0 Å². The number of nitrogens with one attached hydrogen (secondary N) is 1. The Bertz CT molecular complexity index is 446. The van der Waals surface area contributed by atoms with Crippen LogP contribution in [0, 0.1) is 0 Å². The molecule has 0 aliphatic carbocycles. The van der Waals surface area contributed by atoms with Gasteiger partial charge in [-0.05, 0) is 31.5 Å². The van der Waals surface area contributed by atoms with Gasteiger partial charge in [0.1, 0.15) is 0 Å². The number of nitrogens with two attached hydrogens (primary N) is 1. The second-order valence-corrected chi connectivity index (χ2v) is 5.35. The first kappa shape index (κ1) is 13.5. The Labute approximate surface area is 116 Å². The van der Waals surface area contributed by atoms with Crippen molar-refractivity contribution in [2.75, 3.05) is 11.9 Å². The Balaban J connectivity index is 2.07. The smallest absolute Gasteiger partial charge is 0.322 e. The fourth-order valence-corrected chi connectivity index (χ4v) is 2.60.